The number of benzene rings is 1. The molecule has 1 aliphatic carbocycles. The number of imidazole rings is 1. The molecule has 1 saturated carbocycles. The Morgan fingerprint density at radius 1 is 1.05 bits per heavy atom. The zero-order chi connectivity index (χ0) is 26.1. The van der Waals surface area contributed by atoms with Gasteiger partial charge in [-0.2, -0.15) is 0 Å². The molecule has 9 heteroatoms. The molecule has 1 fully saturated rings. The van der Waals surface area contributed by atoms with E-state index in [4.69, 9.17) is 11.6 Å². The van der Waals surface area contributed by atoms with Crippen molar-refractivity contribution in [3.63, 3.8) is 0 Å². The second kappa shape index (κ2) is 10.4. The lowest BCUT2D eigenvalue weighted by atomic mass is 9.85. The van der Waals surface area contributed by atoms with Crippen LogP contribution in [0.3, 0.4) is 0 Å². The molecule has 1 aromatic carbocycles. The van der Waals surface area contributed by atoms with Gasteiger partial charge in [-0.3, -0.25) is 18.9 Å². The quantitative estimate of drug-likeness (QED) is 0.403. The molecule has 192 valence electrons. The van der Waals surface area contributed by atoms with E-state index in [0.29, 0.717) is 28.7 Å². The molecular formula is C28H31ClN6O2. The van der Waals surface area contributed by atoms with E-state index in [0.717, 1.165) is 48.2 Å². The van der Waals surface area contributed by atoms with Crippen molar-refractivity contribution in [2.24, 2.45) is 5.92 Å². The van der Waals surface area contributed by atoms with Crippen molar-refractivity contribution in [2.45, 2.75) is 45.2 Å². The third-order valence-electron chi connectivity index (χ3n) is 7.21. The number of hydrogen-bond acceptors (Lipinski definition) is 5. The van der Waals surface area contributed by atoms with E-state index in [1.54, 1.807) is 23.0 Å². The Morgan fingerprint density at radius 2 is 1.78 bits per heavy atom. The average molecular weight is 519 g/mol. The number of nitrogens with zero attached hydrogens (tertiary/aromatic N) is 5. The largest absolute Gasteiger partial charge is 0.363 e. The zero-order valence-corrected chi connectivity index (χ0v) is 22.1. The second-order valence-electron chi connectivity index (χ2n) is 9.96. The zero-order valence-electron chi connectivity index (χ0n) is 21.3. The molecule has 0 spiro atoms. The van der Waals surface area contributed by atoms with Gasteiger partial charge in [0, 0.05) is 32.9 Å². The molecule has 0 bridgehead atoms. The number of aryl methyl sites for hydroxylation is 1. The van der Waals surface area contributed by atoms with Gasteiger partial charge in [0.25, 0.3) is 5.91 Å². The summed E-state index contributed by atoms with van der Waals surface area (Å²) in [5, 5.41) is 3.60. The van der Waals surface area contributed by atoms with Crippen LogP contribution in [-0.4, -0.2) is 45.1 Å². The summed E-state index contributed by atoms with van der Waals surface area (Å²) in [4.78, 5) is 37.0. The molecule has 37 heavy (non-hydrogen) atoms. The van der Waals surface area contributed by atoms with Crippen LogP contribution in [0.5, 0.6) is 0 Å². The number of fused-ring (bicyclic) bond motifs is 1. The topological polar surface area (TPSA) is 85.0 Å². The molecule has 0 unspecified atom stereocenters. The normalized spacial score (nSPS) is 17.6. The summed E-state index contributed by atoms with van der Waals surface area (Å²) in [5.41, 5.74) is 3.67. The van der Waals surface area contributed by atoms with Crippen LogP contribution in [0.15, 0.2) is 59.7 Å². The number of halogens is 1. The van der Waals surface area contributed by atoms with Crippen LogP contribution >= 0.6 is 11.6 Å². The van der Waals surface area contributed by atoms with E-state index >= 15 is 0 Å². The van der Waals surface area contributed by atoms with Crippen LogP contribution < -0.4 is 15.9 Å². The molecule has 1 aliphatic rings. The number of anilines is 1. The Kier molecular flexibility index (Phi) is 7.02. The van der Waals surface area contributed by atoms with Gasteiger partial charge in [-0.15, -0.1) is 0 Å². The molecule has 0 atom stereocenters. The molecule has 8 nitrogen and oxygen atoms in total. The Bertz CT molecular complexity index is 1480. The monoisotopic (exact) mass is 518 g/mol. The summed E-state index contributed by atoms with van der Waals surface area (Å²) >= 11 is 6.04. The first kappa shape index (κ1) is 25.0. The van der Waals surface area contributed by atoms with Crippen molar-refractivity contribution < 1.29 is 4.79 Å². The van der Waals surface area contributed by atoms with Gasteiger partial charge in [0.15, 0.2) is 0 Å². The van der Waals surface area contributed by atoms with Crippen molar-refractivity contribution >= 4 is 34.4 Å². The van der Waals surface area contributed by atoms with Crippen LogP contribution in [0.25, 0.3) is 16.7 Å². The minimum Gasteiger partial charge on any atom is -0.363 e. The third kappa shape index (κ3) is 5.11. The fourth-order valence-electron chi connectivity index (χ4n) is 5.16. The number of amides is 1. The van der Waals surface area contributed by atoms with Gasteiger partial charge < -0.3 is 10.2 Å². The van der Waals surface area contributed by atoms with E-state index in [9.17, 15) is 9.59 Å². The van der Waals surface area contributed by atoms with E-state index in [1.807, 2.05) is 66.9 Å². The van der Waals surface area contributed by atoms with Crippen LogP contribution in [-0.2, 0) is 6.54 Å². The van der Waals surface area contributed by atoms with E-state index in [-0.39, 0.29) is 17.6 Å². The minimum atomic E-state index is -0.135. The summed E-state index contributed by atoms with van der Waals surface area (Å²) in [6, 6.07) is 13.5. The lowest BCUT2D eigenvalue weighted by Crippen LogP contribution is -2.39. The van der Waals surface area contributed by atoms with Crippen LogP contribution in [0.4, 0.5) is 5.82 Å². The molecule has 0 radical (unpaired) electrons. The highest BCUT2D eigenvalue weighted by atomic mass is 35.5. The molecule has 3 aromatic heterocycles. The molecule has 0 saturated heterocycles. The summed E-state index contributed by atoms with van der Waals surface area (Å²) < 4.78 is 3.63. The van der Waals surface area contributed by atoms with Gasteiger partial charge in [-0.05, 0) is 68.9 Å². The first-order valence-electron chi connectivity index (χ1n) is 12.6. The van der Waals surface area contributed by atoms with Crippen molar-refractivity contribution in [1.82, 2.24) is 24.4 Å². The standard InChI is InChI=1S/C28H31ClN6O2/c1-18-23(14-20(29)15-30-18)27(36)32-21-10-8-19(9-11-21)17-34-24-6-4-5-7-25(24)35(28(34)37)22-12-13-26(31-16-22)33(2)3/h4-7,12-16,19,21H,8-11,17H2,1-3H3,(H,32,36)/t19-,21-. The molecule has 3 heterocycles. The van der Waals surface area contributed by atoms with Crippen molar-refractivity contribution in [1.29, 1.82) is 0 Å². The van der Waals surface area contributed by atoms with E-state index in [1.165, 1.54) is 0 Å². The van der Waals surface area contributed by atoms with E-state index in [2.05, 4.69) is 15.3 Å². The number of para-hydroxylation sites is 2. The van der Waals surface area contributed by atoms with Gasteiger partial charge >= 0.3 is 5.69 Å². The van der Waals surface area contributed by atoms with Crippen molar-refractivity contribution in [3.8, 4) is 5.69 Å². The first-order valence-corrected chi connectivity index (χ1v) is 13.0. The number of carbonyl (C=O) groups excluding carboxylic acids is 1. The molecule has 1 N–H and O–H groups in total. The smallest absolute Gasteiger partial charge is 0.333 e. The minimum absolute atomic E-state index is 0.0556. The van der Waals surface area contributed by atoms with Gasteiger partial charge in [0.05, 0.1) is 39.2 Å². The summed E-state index contributed by atoms with van der Waals surface area (Å²) in [5.74, 6) is 1.06. The Hall–Kier alpha value is -3.65. The Balaban J connectivity index is 1.31. The molecule has 1 amide bonds. The summed E-state index contributed by atoms with van der Waals surface area (Å²) in [6.45, 7) is 2.45. The number of hydrogen-bond donors (Lipinski definition) is 1. The molecule has 5 rings (SSSR count). The van der Waals surface area contributed by atoms with E-state index < -0.39 is 0 Å². The SMILES string of the molecule is Cc1ncc(Cl)cc1C(=O)N[C@H]1CC[C@H](Cn2c(=O)n(-c3ccc(N(C)C)nc3)c3ccccc32)CC1. The second-order valence-corrected chi connectivity index (χ2v) is 10.4. The predicted octanol–water partition coefficient (Wildman–Crippen LogP) is 4.60. The highest BCUT2D eigenvalue weighted by Crippen LogP contribution is 2.28. The highest BCUT2D eigenvalue weighted by Gasteiger charge is 2.25. The predicted molar refractivity (Wildman–Crippen MR) is 147 cm³/mol. The van der Waals surface area contributed by atoms with Crippen LogP contribution in [0, 0.1) is 12.8 Å². The number of rotatable bonds is 6. The lowest BCUT2D eigenvalue weighted by molar-refractivity contribution is 0.0919. The van der Waals surface area contributed by atoms with Crippen LogP contribution in [0.1, 0.15) is 41.7 Å². The molecule has 4 aromatic rings. The number of carbonyl (C=O) groups is 1. The maximum absolute atomic E-state index is 13.6. The van der Waals surface area contributed by atoms with Gasteiger partial charge in [-0.25, -0.2) is 9.78 Å². The number of aromatic nitrogens is 4. The highest BCUT2D eigenvalue weighted by molar-refractivity contribution is 6.30. The number of pyridine rings is 2. The first-order chi connectivity index (χ1) is 17.8. The van der Waals surface area contributed by atoms with Crippen LogP contribution in [0.2, 0.25) is 5.02 Å². The van der Waals surface area contributed by atoms with Gasteiger partial charge in [-0.1, -0.05) is 23.7 Å². The van der Waals surface area contributed by atoms with Crippen molar-refractivity contribution in [2.75, 3.05) is 19.0 Å². The summed E-state index contributed by atoms with van der Waals surface area (Å²) in [7, 11) is 3.88. The molecular weight excluding hydrogens is 488 g/mol. The Morgan fingerprint density at radius 3 is 2.46 bits per heavy atom. The molecule has 0 aliphatic heterocycles. The van der Waals surface area contributed by atoms with Gasteiger partial charge in [0.1, 0.15) is 5.82 Å². The summed E-state index contributed by atoms with van der Waals surface area (Å²) in [6.07, 6.45) is 6.90. The number of nitrogens with one attached hydrogen (secondary N) is 1. The third-order valence-corrected chi connectivity index (χ3v) is 7.41. The fraction of sp³-hybridized carbons (Fsp3) is 0.357. The fourth-order valence-corrected chi connectivity index (χ4v) is 5.32. The maximum atomic E-state index is 13.6. The van der Waals surface area contributed by atoms with Gasteiger partial charge in [0.2, 0.25) is 0 Å². The lowest BCUT2D eigenvalue weighted by Gasteiger charge is -2.29. The van der Waals surface area contributed by atoms with Crippen molar-refractivity contribution in [3.05, 3.63) is 81.6 Å². The average Bonchev–Trinajstić information content (AvgIpc) is 3.17. The Labute approximate surface area is 220 Å². The maximum Gasteiger partial charge on any atom is 0.333 e.